The molecule has 0 spiro atoms. The van der Waals surface area contributed by atoms with Gasteiger partial charge >= 0.3 is 0 Å². The van der Waals surface area contributed by atoms with Gasteiger partial charge in [-0.3, -0.25) is 0 Å². The molecule has 50 heavy (non-hydrogen) atoms. The maximum Gasteiger partial charge on any atom is 0.0138 e. The summed E-state index contributed by atoms with van der Waals surface area (Å²) in [6, 6.07) is 55.0. The minimum absolute atomic E-state index is 0.186. The third-order valence-corrected chi connectivity index (χ3v) is 11.9. The van der Waals surface area contributed by atoms with Crippen LogP contribution in [0.3, 0.4) is 0 Å². The minimum atomic E-state index is 0.186. The number of hydrogen-bond donors (Lipinski definition) is 0. The highest BCUT2D eigenvalue weighted by atomic mass is 14.4. The number of allylic oxidation sites excluding steroid dienone is 2. The normalized spacial score (nSPS) is 16.6. The largest absolute Gasteiger partial charge is 0.0754 e. The zero-order valence-corrected chi connectivity index (χ0v) is 27.3. The van der Waals surface area contributed by atoms with Crippen molar-refractivity contribution >= 4 is 87.6 Å². The molecule has 0 radical (unpaired) electrons. The van der Waals surface area contributed by atoms with Gasteiger partial charge in [0.25, 0.3) is 0 Å². The third-order valence-electron chi connectivity index (χ3n) is 11.9. The lowest BCUT2D eigenvalue weighted by Gasteiger charge is -2.34. The maximum absolute atomic E-state index is 2.50. The summed E-state index contributed by atoms with van der Waals surface area (Å²) in [7, 11) is 0. The van der Waals surface area contributed by atoms with Gasteiger partial charge in [-0.25, -0.2) is 0 Å². The van der Waals surface area contributed by atoms with Crippen LogP contribution in [0.4, 0.5) is 0 Å². The fraction of sp³-hybridized carbons (Fsp3) is 0.0400. The van der Waals surface area contributed by atoms with Gasteiger partial charge < -0.3 is 0 Å². The summed E-state index contributed by atoms with van der Waals surface area (Å²) in [5, 5.41) is 18.6. The van der Waals surface area contributed by atoms with Crippen molar-refractivity contribution in [3.05, 3.63) is 180 Å². The van der Waals surface area contributed by atoms with Crippen LogP contribution in [0.25, 0.3) is 98.7 Å². The number of hydrogen-bond acceptors (Lipinski definition) is 0. The standard InChI is InChI=1S/C50H30/c1-2-12-36-29(7-1)19-28-43-48(41-26-22-34-17-15-30-8-5-10-32-20-24-39(41)46(34)44(30)32)37-13-3-4-14-38(37)50(49(36)43)42-27-23-35-18-16-31-9-6-11-33-21-25-40(42)47(35)45(31)33/h1-28,40,42H. The molecule has 2 aliphatic carbocycles. The van der Waals surface area contributed by atoms with Gasteiger partial charge in [0.1, 0.15) is 0 Å². The Hall–Kier alpha value is -6.24. The predicted octanol–water partition coefficient (Wildman–Crippen LogP) is 13.8. The van der Waals surface area contributed by atoms with Crippen LogP contribution in [0.1, 0.15) is 34.1 Å². The van der Waals surface area contributed by atoms with Crippen molar-refractivity contribution < 1.29 is 0 Å². The van der Waals surface area contributed by atoms with E-state index in [1.165, 1.54) is 109 Å². The van der Waals surface area contributed by atoms with E-state index in [1.807, 2.05) is 0 Å². The van der Waals surface area contributed by atoms with Crippen molar-refractivity contribution in [3.63, 3.8) is 0 Å². The lowest BCUT2D eigenvalue weighted by molar-refractivity contribution is 0.746. The molecular weight excluding hydrogens is 601 g/mol. The first-order chi connectivity index (χ1) is 24.8. The second-order valence-corrected chi connectivity index (χ2v) is 14.3. The third kappa shape index (κ3) is 3.40. The van der Waals surface area contributed by atoms with Crippen LogP contribution < -0.4 is 0 Å². The fourth-order valence-corrected chi connectivity index (χ4v) is 9.88. The Labute approximate surface area is 289 Å². The Morgan fingerprint density at radius 3 is 1.74 bits per heavy atom. The van der Waals surface area contributed by atoms with Crippen molar-refractivity contribution in [2.24, 2.45) is 0 Å². The molecule has 0 heteroatoms. The van der Waals surface area contributed by atoms with Crippen LogP contribution in [0.15, 0.2) is 158 Å². The number of rotatable bonds is 2. The molecule has 0 amide bonds. The van der Waals surface area contributed by atoms with Crippen molar-refractivity contribution in [2.45, 2.75) is 11.8 Å². The summed E-state index contributed by atoms with van der Waals surface area (Å²) in [5.74, 6) is 0.436. The van der Waals surface area contributed by atoms with Gasteiger partial charge in [-0.2, -0.15) is 0 Å². The molecule has 0 aliphatic heterocycles. The topological polar surface area (TPSA) is 0 Å². The van der Waals surface area contributed by atoms with Gasteiger partial charge in [-0.1, -0.05) is 170 Å². The summed E-state index contributed by atoms with van der Waals surface area (Å²) >= 11 is 0. The van der Waals surface area contributed by atoms with E-state index in [4.69, 9.17) is 0 Å². The zero-order chi connectivity index (χ0) is 32.5. The first kappa shape index (κ1) is 26.7. The van der Waals surface area contributed by atoms with Crippen molar-refractivity contribution in [3.8, 4) is 11.1 Å². The molecule has 0 fully saturated rings. The van der Waals surface area contributed by atoms with E-state index in [9.17, 15) is 0 Å². The maximum atomic E-state index is 2.50. The molecule has 0 N–H and O–H groups in total. The first-order valence-corrected chi connectivity index (χ1v) is 17.8. The lowest BCUT2D eigenvalue weighted by atomic mass is 9.69. The molecule has 12 rings (SSSR count). The van der Waals surface area contributed by atoms with Crippen LogP contribution in [0.2, 0.25) is 0 Å². The molecular formula is C50H30. The molecule has 230 valence electrons. The monoisotopic (exact) mass is 630 g/mol. The molecule has 0 saturated heterocycles. The highest BCUT2D eigenvalue weighted by Gasteiger charge is 2.33. The smallest absolute Gasteiger partial charge is 0.0138 e. The summed E-state index contributed by atoms with van der Waals surface area (Å²) in [6.45, 7) is 0. The van der Waals surface area contributed by atoms with Gasteiger partial charge in [-0.05, 0) is 109 Å². The average molecular weight is 631 g/mol. The second kappa shape index (κ2) is 9.68. The summed E-state index contributed by atoms with van der Waals surface area (Å²) in [6.07, 6.45) is 9.75. The molecule has 0 heterocycles. The van der Waals surface area contributed by atoms with E-state index < -0.39 is 0 Å². The molecule has 2 atom stereocenters. The van der Waals surface area contributed by atoms with E-state index in [2.05, 4.69) is 170 Å². The van der Waals surface area contributed by atoms with Gasteiger partial charge in [0, 0.05) is 11.8 Å². The van der Waals surface area contributed by atoms with Crippen LogP contribution in [0, 0.1) is 0 Å². The van der Waals surface area contributed by atoms with E-state index in [-0.39, 0.29) is 11.8 Å². The van der Waals surface area contributed by atoms with Crippen molar-refractivity contribution in [1.82, 2.24) is 0 Å². The van der Waals surface area contributed by atoms with Gasteiger partial charge in [0.05, 0.1) is 0 Å². The minimum Gasteiger partial charge on any atom is -0.0754 e. The number of fused-ring (bicyclic) bond motifs is 4. The Morgan fingerprint density at radius 2 is 0.880 bits per heavy atom. The zero-order valence-electron chi connectivity index (χ0n) is 27.3. The molecule has 2 aliphatic rings. The fourth-order valence-electron chi connectivity index (χ4n) is 9.88. The first-order valence-electron chi connectivity index (χ1n) is 17.8. The molecule has 0 nitrogen and oxygen atoms in total. The molecule has 0 saturated carbocycles. The van der Waals surface area contributed by atoms with E-state index in [0.717, 1.165) is 0 Å². The number of benzene rings is 10. The SMILES string of the molecule is C1=CC(c2c3ccccc3c(-c3ccc4ccc5cccc6ccc3c4c56)c3ccc4ccccc4c23)C2C=Cc3cccc4ccc1c2c34. The Kier molecular flexibility index (Phi) is 5.17. The van der Waals surface area contributed by atoms with E-state index >= 15 is 0 Å². The lowest BCUT2D eigenvalue weighted by Crippen LogP contribution is -2.16. The Morgan fingerprint density at radius 1 is 0.300 bits per heavy atom. The Bertz CT molecular complexity index is 3140. The highest BCUT2D eigenvalue weighted by Crippen LogP contribution is 2.54. The van der Waals surface area contributed by atoms with Crippen molar-refractivity contribution in [2.75, 3.05) is 0 Å². The highest BCUT2D eigenvalue weighted by molar-refractivity contribution is 6.29. The van der Waals surface area contributed by atoms with Crippen LogP contribution >= 0.6 is 0 Å². The summed E-state index contributed by atoms with van der Waals surface area (Å²) < 4.78 is 0. The summed E-state index contributed by atoms with van der Waals surface area (Å²) in [5.41, 5.74) is 8.21. The molecule has 0 aromatic heterocycles. The molecule has 10 aromatic carbocycles. The molecule has 2 unspecified atom stereocenters. The molecule has 10 aromatic rings. The molecule has 0 bridgehead atoms. The Balaban J connectivity index is 1.23. The second-order valence-electron chi connectivity index (χ2n) is 14.3. The van der Waals surface area contributed by atoms with Crippen LogP contribution in [-0.2, 0) is 0 Å². The van der Waals surface area contributed by atoms with Crippen LogP contribution in [-0.4, -0.2) is 0 Å². The quantitative estimate of drug-likeness (QED) is 0.132. The average Bonchev–Trinajstić information content (AvgIpc) is 3.18. The summed E-state index contributed by atoms with van der Waals surface area (Å²) in [4.78, 5) is 0. The predicted molar refractivity (Wildman–Crippen MR) is 216 cm³/mol. The van der Waals surface area contributed by atoms with Gasteiger partial charge in [0.15, 0.2) is 0 Å². The van der Waals surface area contributed by atoms with Crippen molar-refractivity contribution in [1.29, 1.82) is 0 Å². The van der Waals surface area contributed by atoms with Gasteiger partial charge in [0.2, 0.25) is 0 Å². The van der Waals surface area contributed by atoms with E-state index in [1.54, 1.807) is 0 Å². The van der Waals surface area contributed by atoms with Gasteiger partial charge in [-0.15, -0.1) is 0 Å². The van der Waals surface area contributed by atoms with E-state index in [0.29, 0.717) is 0 Å². The van der Waals surface area contributed by atoms with Crippen LogP contribution in [0.5, 0.6) is 0 Å².